The van der Waals surface area contributed by atoms with Gasteiger partial charge in [-0.3, -0.25) is 4.79 Å². The van der Waals surface area contributed by atoms with Gasteiger partial charge in [0, 0.05) is 6.92 Å². The third-order valence-electron chi connectivity index (χ3n) is 8.29. The van der Waals surface area contributed by atoms with E-state index in [9.17, 15) is 14.4 Å². The summed E-state index contributed by atoms with van der Waals surface area (Å²) in [6.45, 7) is 7.84. The molecule has 1 saturated heterocycles. The minimum Gasteiger partial charge on any atom is -0.467 e. The molecule has 0 bridgehead atoms. The molecule has 0 radical (unpaired) electrons. The molecular weight excluding hydrogens is 652 g/mol. The first-order valence-electron chi connectivity index (χ1n) is 17.4. The molecule has 0 aromatic heterocycles. The molecule has 3 aromatic carbocycles. The van der Waals surface area contributed by atoms with Crippen molar-refractivity contribution >= 4 is 18.0 Å². The van der Waals surface area contributed by atoms with Gasteiger partial charge in [0.2, 0.25) is 5.91 Å². The van der Waals surface area contributed by atoms with Crippen LogP contribution in [0.1, 0.15) is 63.6 Å². The lowest BCUT2D eigenvalue weighted by Crippen LogP contribution is -2.65. The van der Waals surface area contributed by atoms with Crippen LogP contribution in [-0.4, -0.2) is 73.8 Å². The average molecular weight is 705 g/mol. The van der Waals surface area contributed by atoms with Crippen LogP contribution >= 0.6 is 0 Å². The van der Waals surface area contributed by atoms with E-state index in [2.05, 4.69) is 10.6 Å². The average Bonchev–Trinajstić information content (AvgIpc) is 3.10. The summed E-state index contributed by atoms with van der Waals surface area (Å²) >= 11 is 0. The van der Waals surface area contributed by atoms with E-state index in [-0.39, 0.29) is 25.5 Å². The van der Waals surface area contributed by atoms with Gasteiger partial charge in [0.1, 0.15) is 30.0 Å². The zero-order valence-corrected chi connectivity index (χ0v) is 30.2. The second-order valence-electron chi connectivity index (χ2n) is 13.6. The van der Waals surface area contributed by atoms with E-state index < -0.39 is 54.2 Å². The monoisotopic (exact) mass is 704 g/mol. The van der Waals surface area contributed by atoms with Crippen molar-refractivity contribution in [3.05, 3.63) is 108 Å². The SMILES string of the molecule is COC(=O)[C@H](CCC[C@H]1O[C@H](COCc2ccccc2)[C@@H](OCc2ccccc2)[C@H](OCc2ccccc2)[C@H]1NC(C)=O)NC(=O)OC(C)(C)C. The highest BCUT2D eigenvalue weighted by Crippen LogP contribution is 2.31. The Morgan fingerprint density at radius 1 is 0.765 bits per heavy atom. The van der Waals surface area contributed by atoms with Gasteiger partial charge in [-0.25, -0.2) is 9.59 Å². The number of alkyl carbamates (subject to hydrolysis) is 1. The third-order valence-corrected chi connectivity index (χ3v) is 8.29. The first-order chi connectivity index (χ1) is 24.5. The Kier molecular flexibility index (Phi) is 15.4. The Bertz CT molecular complexity index is 1480. The van der Waals surface area contributed by atoms with Crippen molar-refractivity contribution in [1.82, 2.24) is 10.6 Å². The second kappa shape index (κ2) is 19.9. The summed E-state index contributed by atoms with van der Waals surface area (Å²) in [6, 6.07) is 28.0. The van der Waals surface area contributed by atoms with E-state index in [1.165, 1.54) is 14.0 Å². The van der Waals surface area contributed by atoms with Crippen LogP contribution in [-0.2, 0) is 57.8 Å². The van der Waals surface area contributed by atoms with Crippen LogP contribution < -0.4 is 10.6 Å². The highest BCUT2D eigenvalue weighted by atomic mass is 16.6. The third kappa shape index (κ3) is 13.4. The molecule has 0 aliphatic carbocycles. The van der Waals surface area contributed by atoms with Crippen molar-refractivity contribution in [1.29, 1.82) is 0 Å². The second-order valence-corrected chi connectivity index (χ2v) is 13.6. The van der Waals surface area contributed by atoms with Crippen molar-refractivity contribution in [3.8, 4) is 0 Å². The minimum absolute atomic E-state index is 0.202. The largest absolute Gasteiger partial charge is 0.467 e. The van der Waals surface area contributed by atoms with Crippen LogP contribution in [0, 0.1) is 0 Å². The van der Waals surface area contributed by atoms with E-state index in [1.54, 1.807) is 20.8 Å². The number of esters is 1. The molecular formula is C40H52N2O9. The number of rotatable bonds is 17. The first-order valence-corrected chi connectivity index (χ1v) is 17.4. The van der Waals surface area contributed by atoms with Crippen LogP contribution in [0.25, 0.3) is 0 Å². The van der Waals surface area contributed by atoms with Gasteiger partial charge >= 0.3 is 12.1 Å². The summed E-state index contributed by atoms with van der Waals surface area (Å²) in [7, 11) is 1.27. The predicted molar refractivity (Wildman–Crippen MR) is 191 cm³/mol. The molecule has 0 spiro atoms. The number of carbonyl (C=O) groups is 3. The number of methoxy groups -OCH3 is 1. The van der Waals surface area contributed by atoms with Gasteiger partial charge in [0.25, 0.3) is 0 Å². The van der Waals surface area contributed by atoms with Crippen LogP contribution in [0.5, 0.6) is 0 Å². The quantitative estimate of drug-likeness (QED) is 0.166. The van der Waals surface area contributed by atoms with E-state index in [1.807, 2.05) is 91.0 Å². The van der Waals surface area contributed by atoms with E-state index >= 15 is 0 Å². The number of hydrogen-bond acceptors (Lipinski definition) is 9. The number of carbonyl (C=O) groups excluding carboxylic acids is 3. The topological polar surface area (TPSA) is 131 Å². The Morgan fingerprint density at radius 2 is 1.29 bits per heavy atom. The molecule has 4 rings (SSSR count). The molecule has 276 valence electrons. The first kappa shape index (κ1) is 39.5. The van der Waals surface area contributed by atoms with Gasteiger partial charge in [-0.1, -0.05) is 91.0 Å². The zero-order valence-electron chi connectivity index (χ0n) is 30.2. The van der Waals surface area contributed by atoms with Crippen molar-refractivity contribution in [2.45, 2.75) is 109 Å². The number of amides is 2. The normalized spacial score (nSPS) is 20.9. The Hall–Kier alpha value is -4.29. The summed E-state index contributed by atoms with van der Waals surface area (Å²) < 4.78 is 36.6. The van der Waals surface area contributed by atoms with Crippen LogP contribution in [0.2, 0.25) is 0 Å². The fourth-order valence-corrected chi connectivity index (χ4v) is 5.97. The summed E-state index contributed by atoms with van der Waals surface area (Å²) in [5.74, 6) is -0.837. The molecule has 2 amide bonds. The van der Waals surface area contributed by atoms with Gasteiger partial charge in [-0.05, 0) is 56.7 Å². The zero-order chi connectivity index (χ0) is 36.6. The Labute approximate surface area is 301 Å². The maximum Gasteiger partial charge on any atom is 0.408 e. The molecule has 2 N–H and O–H groups in total. The number of hydrogen-bond donors (Lipinski definition) is 2. The van der Waals surface area contributed by atoms with E-state index in [0.29, 0.717) is 26.1 Å². The van der Waals surface area contributed by atoms with Crippen molar-refractivity contribution < 1.29 is 42.8 Å². The minimum atomic E-state index is -0.940. The highest BCUT2D eigenvalue weighted by molar-refractivity contribution is 5.81. The van der Waals surface area contributed by atoms with Gasteiger partial charge in [-0.2, -0.15) is 0 Å². The lowest BCUT2D eigenvalue weighted by molar-refractivity contribution is -0.233. The van der Waals surface area contributed by atoms with Crippen LogP contribution in [0.15, 0.2) is 91.0 Å². The molecule has 0 unspecified atom stereocenters. The summed E-state index contributed by atoms with van der Waals surface area (Å²) in [5, 5.41) is 5.72. The highest BCUT2D eigenvalue weighted by Gasteiger charge is 2.48. The van der Waals surface area contributed by atoms with Gasteiger partial charge in [-0.15, -0.1) is 0 Å². The van der Waals surface area contributed by atoms with Gasteiger partial charge in [0.05, 0.1) is 45.7 Å². The number of nitrogens with one attached hydrogen (secondary N) is 2. The number of ether oxygens (including phenoxy) is 6. The molecule has 1 aliphatic rings. The van der Waals surface area contributed by atoms with Gasteiger partial charge < -0.3 is 39.1 Å². The lowest BCUT2D eigenvalue weighted by Gasteiger charge is -2.47. The Morgan fingerprint density at radius 3 is 1.80 bits per heavy atom. The maximum atomic E-state index is 12.7. The molecule has 3 aromatic rings. The molecule has 1 aliphatic heterocycles. The molecule has 11 nitrogen and oxygen atoms in total. The smallest absolute Gasteiger partial charge is 0.408 e. The maximum absolute atomic E-state index is 12.7. The van der Waals surface area contributed by atoms with Gasteiger partial charge in [0.15, 0.2) is 0 Å². The molecule has 51 heavy (non-hydrogen) atoms. The van der Waals surface area contributed by atoms with Crippen LogP contribution in [0.3, 0.4) is 0 Å². The summed E-state index contributed by atoms with van der Waals surface area (Å²) in [5.41, 5.74) is 2.23. The Balaban J connectivity index is 1.59. The fraction of sp³-hybridized carbons (Fsp3) is 0.475. The molecule has 1 fully saturated rings. The lowest BCUT2D eigenvalue weighted by atomic mass is 9.89. The van der Waals surface area contributed by atoms with Crippen molar-refractivity contribution in [2.24, 2.45) is 0 Å². The van der Waals surface area contributed by atoms with Crippen molar-refractivity contribution in [2.75, 3.05) is 13.7 Å². The molecule has 0 saturated carbocycles. The molecule has 6 atom stereocenters. The fourth-order valence-electron chi connectivity index (χ4n) is 5.97. The summed E-state index contributed by atoms with van der Waals surface area (Å²) in [6.07, 6.45) is -1.97. The van der Waals surface area contributed by atoms with Crippen LogP contribution in [0.4, 0.5) is 4.79 Å². The summed E-state index contributed by atoms with van der Waals surface area (Å²) in [4.78, 5) is 37.9. The van der Waals surface area contributed by atoms with E-state index in [0.717, 1.165) is 16.7 Å². The van der Waals surface area contributed by atoms with Crippen molar-refractivity contribution in [3.63, 3.8) is 0 Å². The molecule has 1 heterocycles. The standard InChI is InChI=1S/C40H52N2O9/c1-28(43)41-35-33(23-15-22-32(38(44)46-5)42-39(45)51-40(2,3)4)50-34(27-47-24-29-16-9-6-10-17-29)36(48-25-30-18-11-7-12-19-30)37(35)49-26-31-20-13-8-14-21-31/h6-14,16-21,32-37H,15,22-27H2,1-5H3,(H,41,43)(H,42,45)/t32-,33+,34+,35-,36+,37+/m0/s1. The number of benzene rings is 3. The van der Waals surface area contributed by atoms with E-state index in [4.69, 9.17) is 28.4 Å². The molecule has 11 heteroatoms. The predicted octanol–water partition coefficient (Wildman–Crippen LogP) is 5.88.